The monoisotopic (exact) mass is 472 g/mol. The van der Waals surface area contributed by atoms with Crippen molar-refractivity contribution >= 4 is 23.2 Å². The van der Waals surface area contributed by atoms with Crippen molar-refractivity contribution in [2.75, 3.05) is 19.5 Å². The Balaban J connectivity index is 1.63. The minimum Gasteiger partial charge on any atom is -0.497 e. The smallest absolute Gasteiger partial charge is 0.226 e. The molecule has 0 radical (unpaired) electrons. The SMILES string of the molecule is COc1ccc([C@@H]2Oc3ccccc3C3=C2[C@@H](c2cccc(Cl)c2)n2ncnc2N3)c(OC)c1. The fourth-order valence-electron chi connectivity index (χ4n) is 4.71. The van der Waals surface area contributed by atoms with Gasteiger partial charge in [-0.3, -0.25) is 0 Å². The zero-order valence-corrected chi connectivity index (χ0v) is 19.3. The molecule has 3 aromatic carbocycles. The van der Waals surface area contributed by atoms with Crippen molar-refractivity contribution in [1.29, 1.82) is 0 Å². The highest BCUT2D eigenvalue weighted by Crippen LogP contribution is 2.52. The van der Waals surface area contributed by atoms with Gasteiger partial charge in [-0.1, -0.05) is 35.9 Å². The van der Waals surface area contributed by atoms with Crippen LogP contribution in [0.2, 0.25) is 5.02 Å². The molecule has 0 fully saturated rings. The molecule has 4 aromatic rings. The van der Waals surface area contributed by atoms with Crippen molar-refractivity contribution in [3.8, 4) is 17.2 Å². The van der Waals surface area contributed by atoms with Gasteiger partial charge in [0.05, 0.1) is 19.9 Å². The van der Waals surface area contributed by atoms with Crippen molar-refractivity contribution in [2.45, 2.75) is 12.1 Å². The second-order valence-corrected chi connectivity index (χ2v) is 8.48. The highest BCUT2D eigenvalue weighted by molar-refractivity contribution is 6.30. The van der Waals surface area contributed by atoms with Crippen molar-refractivity contribution in [3.05, 3.63) is 100 Å². The Hall–Kier alpha value is -3.97. The van der Waals surface area contributed by atoms with Crippen LogP contribution in [0.15, 0.2) is 78.6 Å². The molecule has 3 heterocycles. The topological polar surface area (TPSA) is 70.4 Å². The van der Waals surface area contributed by atoms with Crippen molar-refractivity contribution in [2.24, 2.45) is 0 Å². The number of halogens is 1. The Morgan fingerprint density at radius 1 is 1.00 bits per heavy atom. The summed E-state index contributed by atoms with van der Waals surface area (Å²) in [5.74, 6) is 2.80. The van der Waals surface area contributed by atoms with E-state index in [-0.39, 0.29) is 6.04 Å². The zero-order chi connectivity index (χ0) is 23.2. The summed E-state index contributed by atoms with van der Waals surface area (Å²) in [5, 5.41) is 8.70. The molecule has 0 aliphatic carbocycles. The van der Waals surface area contributed by atoms with Gasteiger partial charge in [-0.2, -0.15) is 10.1 Å². The minimum absolute atomic E-state index is 0.294. The van der Waals surface area contributed by atoms with E-state index in [2.05, 4.69) is 15.4 Å². The van der Waals surface area contributed by atoms with Crippen LogP contribution in [-0.2, 0) is 0 Å². The van der Waals surface area contributed by atoms with E-state index < -0.39 is 6.10 Å². The Morgan fingerprint density at radius 2 is 1.88 bits per heavy atom. The lowest BCUT2D eigenvalue weighted by Gasteiger charge is -2.39. The number of benzene rings is 3. The minimum atomic E-state index is -0.459. The number of para-hydroxylation sites is 1. The fourth-order valence-corrected chi connectivity index (χ4v) is 4.91. The van der Waals surface area contributed by atoms with Gasteiger partial charge in [0.15, 0.2) is 6.10 Å². The molecule has 7 nitrogen and oxygen atoms in total. The lowest BCUT2D eigenvalue weighted by Crippen LogP contribution is -2.32. The second-order valence-electron chi connectivity index (χ2n) is 8.04. The molecule has 0 saturated heterocycles. The van der Waals surface area contributed by atoms with Crippen LogP contribution in [0.25, 0.3) is 5.70 Å². The number of hydrogen-bond donors (Lipinski definition) is 1. The molecule has 0 unspecified atom stereocenters. The average molecular weight is 473 g/mol. The molecule has 1 N–H and O–H groups in total. The third-order valence-corrected chi connectivity index (χ3v) is 6.44. The van der Waals surface area contributed by atoms with E-state index in [0.717, 1.165) is 33.7 Å². The van der Waals surface area contributed by atoms with E-state index in [4.69, 9.17) is 25.8 Å². The number of hydrogen-bond acceptors (Lipinski definition) is 6. The molecule has 0 amide bonds. The standard InChI is InChI=1S/C26H21ClN4O3/c1-32-17-10-11-19(21(13-17)33-2)25-22-23(18-8-3-4-9-20(18)34-25)30-26-28-14-29-31(26)24(22)15-6-5-7-16(27)12-15/h3-14,24-25H,1-2H3,(H,28,29,30)/t24-,25+/m1/s1. The third kappa shape index (κ3) is 3.20. The highest BCUT2D eigenvalue weighted by Gasteiger charge is 2.41. The van der Waals surface area contributed by atoms with Gasteiger partial charge in [0.25, 0.3) is 0 Å². The van der Waals surface area contributed by atoms with Crippen LogP contribution in [0, 0.1) is 0 Å². The summed E-state index contributed by atoms with van der Waals surface area (Å²) < 4.78 is 19.7. The lowest BCUT2D eigenvalue weighted by molar-refractivity contribution is 0.217. The van der Waals surface area contributed by atoms with Gasteiger partial charge in [-0.25, -0.2) is 4.68 Å². The van der Waals surface area contributed by atoms with Gasteiger partial charge >= 0.3 is 0 Å². The molecule has 0 spiro atoms. The first-order chi connectivity index (χ1) is 16.7. The summed E-state index contributed by atoms with van der Waals surface area (Å²) in [5.41, 5.74) is 4.75. The van der Waals surface area contributed by atoms with Gasteiger partial charge in [-0.05, 0) is 42.0 Å². The summed E-state index contributed by atoms with van der Waals surface area (Å²) in [6.45, 7) is 0. The Kier molecular flexibility index (Phi) is 4.92. The maximum atomic E-state index is 6.66. The maximum Gasteiger partial charge on any atom is 0.226 e. The number of methoxy groups -OCH3 is 2. The number of fused-ring (bicyclic) bond motifs is 3. The molecular formula is C26H21ClN4O3. The molecule has 6 rings (SSSR count). The first-order valence-electron chi connectivity index (χ1n) is 10.8. The Bertz CT molecular complexity index is 1430. The molecule has 0 saturated carbocycles. The number of ether oxygens (including phenoxy) is 3. The molecular weight excluding hydrogens is 452 g/mol. The fraction of sp³-hybridized carbons (Fsp3) is 0.154. The molecule has 1 aromatic heterocycles. The van der Waals surface area contributed by atoms with Crippen LogP contribution in [0.5, 0.6) is 17.2 Å². The summed E-state index contributed by atoms with van der Waals surface area (Å²) in [6, 6.07) is 21.2. The van der Waals surface area contributed by atoms with Gasteiger partial charge in [-0.15, -0.1) is 0 Å². The van der Waals surface area contributed by atoms with E-state index in [0.29, 0.717) is 22.5 Å². The number of aromatic nitrogens is 3. The third-order valence-electron chi connectivity index (χ3n) is 6.21. The van der Waals surface area contributed by atoms with Gasteiger partial charge in [0, 0.05) is 27.8 Å². The van der Waals surface area contributed by atoms with E-state index >= 15 is 0 Å². The summed E-state index contributed by atoms with van der Waals surface area (Å²) in [4.78, 5) is 4.46. The van der Waals surface area contributed by atoms with E-state index in [1.54, 1.807) is 20.5 Å². The zero-order valence-electron chi connectivity index (χ0n) is 18.5. The van der Waals surface area contributed by atoms with Gasteiger partial charge in [0.2, 0.25) is 5.95 Å². The summed E-state index contributed by atoms with van der Waals surface area (Å²) >= 11 is 6.41. The summed E-state index contributed by atoms with van der Waals surface area (Å²) in [7, 11) is 3.28. The molecule has 0 bridgehead atoms. The largest absolute Gasteiger partial charge is 0.497 e. The van der Waals surface area contributed by atoms with Crippen molar-refractivity contribution in [3.63, 3.8) is 0 Å². The van der Waals surface area contributed by atoms with Gasteiger partial charge < -0.3 is 19.5 Å². The van der Waals surface area contributed by atoms with E-state index in [1.807, 2.05) is 71.4 Å². The molecule has 2 atom stereocenters. The van der Waals surface area contributed by atoms with Crippen LogP contribution < -0.4 is 19.5 Å². The molecule has 34 heavy (non-hydrogen) atoms. The molecule has 170 valence electrons. The molecule has 2 aliphatic rings. The first kappa shape index (κ1) is 20.6. The molecule has 8 heteroatoms. The number of nitrogens with one attached hydrogen (secondary N) is 1. The predicted octanol–water partition coefficient (Wildman–Crippen LogP) is 5.51. The Labute approximate surface area is 201 Å². The Morgan fingerprint density at radius 3 is 2.71 bits per heavy atom. The van der Waals surface area contributed by atoms with Crippen LogP contribution in [0.1, 0.15) is 28.8 Å². The van der Waals surface area contributed by atoms with Gasteiger partial charge in [0.1, 0.15) is 29.6 Å². The first-order valence-corrected chi connectivity index (χ1v) is 11.2. The quantitative estimate of drug-likeness (QED) is 0.422. The average Bonchev–Trinajstić information content (AvgIpc) is 3.35. The normalized spacial score (nSPS) is 18.2. The molecule has 2 aliphatic heterocycles. The number of rotatable bonds is 4. The van der Waals surface area contributed by atoms with E-state index in [1.165, 1.54) is 0 Å². The van der Waals surface area contributed by atoms with Crippen LogP contribution >= 0.6 is 11.6 Å². The van der Waals surface area contributed by atoms with Crippen molar-refractivity contribution < 1.29 is 14.2 Å². The van der Waals surface area contributed by atoms with Crippen LogP contribution in [0.4, 0.5) is 5.95 Å². The van der Waals surface area contributed by atoms with Crippen LogP contribution in [0.3, 0.4) is 0 Å². The van der Waals surface area contributed by atoms with Crippen LogP contribution in [-0.4, -0.2) is 29.0 Å². The van der Waals surface area contributed by atoms with Crippen molar-refractivity contribution in [1.82, 2.24) is 14.8 Å². The second kappa shape index (κ2) is 8.11. The summed E-state index contributed by atoms with van der Waals surface area (Å²) in [6.07, 6.45) is 1.09. The lowest BCUT2D eigenvalue weighted by atomic mass is 9.84. The number of nitrogens with zero attached hydrogens (tertiary/aromatic N) is 3. The van der Waals surface area contributed by atoms with E-state index in [9.17, 15) is 0 Å². The predicted molar refractivity (Wildman–Crippen MR) is 130 cm³/mol. The maximum absolute atomic E-state index is 6.66. The highest BCUT2D eigenvalue weighted by atomic mass is 35.5. The number of anilines is 1.